The van der Waals surface area contributed by atoms with Crippen LogP contribution in [0, 0.1) is 6.92 Å². The summed E-state index contributed by atoms with van der Waals surface area (Å²) in [5.74, 6) is 0. The second kappa shape index (κ2) is 5.24. The van der Waals surface area contributed by atoms with Gasteiger partial charge in [-0.2, -0.15) is 0 Å². The molecular weight excluding hydrogens is 200 g/mol. The van der Waals surface area contributed by atoms with Crippen molar-refractivity contribution in [3.8, 4) is 0 Å². The Morgan fingerprint density at radius 2 is 2.00 bits per heavy atom. The van der Waals surface area contributed by atoms with Crippen LogP contribution in [0.5, 0.6) is 0 Å². The molecule has 0 amide bonds. The number of ether oxygens (including phenoxy) is 1. The Hall–Kier alpha value is -0.710. The minimum absolute atomic E-state index is 0.421. The van der Waals surface area contributed by atoms with Crippen LogP contribution in [-0.2, 0) is 15.8 Å². The Morgan fingerprint density at radius 3 is 2.43 bits per heavy atom. The Kier molecular flexibility index (Phi) is 4.25. The molecule has 1 rings (SSSR count). The van der Waals surface area contributed by atoms with E-state index in [1.54, 1.807) is 6.92 Å². The molecule has 3 nitrogen and oxygen atoms in total. The lowest BCUT2D eigenvalue weighted by Crippen LogP contribution is -2.09. The van der Waals surface area contributed by atoms with Gasteiger partial charge in [-0.25, -0.2) is 4.21 Å². The first kappa shape index (κ1) is 11.4. The summed E-state index contributed by atoms with van der Waals surface area (Å²) in [5.41, 5.74) is 1.12. The highest BCUT2D eigenvalue weighted by Gasteiger charge is 2.16. The van der Waals surface area contributed by atoms with Crippen molar-refractivity contribution in [3.05, 3.63) is 35.4 Å². The normalized spacial score (nSPS) is 15.1. The fourth-order valence-corrected chi connectivity index (χ4v) is 1.79. The van der Waals surface area contributed by atoms with E-state index in [0.29, 0.717) is 6.61 Å². The summed E-state index contributed by atoms with van der Waals surface area (Å²) in [4.78, 5) is 0. The van der Waals surface area contributed by atoms with Crippen molar-refractivity contribution in [2.45, 2.75) is 19.3 Å². The van der Waals surface area contributed by atoms with Crippen LogP contribution in [0.2, 0.25) is 0 Å². The minimum atomic E-state index is -1.98. The number of hydrogen-bond donors (Lipinski definition) is 1. The topological polar surface area (TPSA) is 46.5 Å². The Bertz CT molecular complexity index is 308. The molecule has 0 bridgehead atoms. The first-order valence-corrected chi connectivity index (χ1v) is 5.60. The van der Waals surface area contributed by atoms with Gasteiger partial charge >= 0.3 is 0 Å². The van der Waals surface area contributed by atoms with Crippen LogP contribution in [-0.4, -0.2) is 15.4 Å². The molecule has 0 saturated carbocycles. The van der Waals surface area contributed by atoms with E-state index in [9.17, 15) is 4.21 Å². The van der Waals surface area contributed by atoms with Gasteiger partial charge in [-0.15, -0.1) is 0 Å². The van der Waals surface area contributed by atoms with Crippen LogP contribution < -0.4 is 0 Å². The van der Waals surface area contributed by atoms with Gasteiger partial charge in [-0.3, -0.25) is 0 Å². The lowest BCUT2D eigenvalue weighted by atomic mass is 10.2. The first-order valence-electron chi connectivity index (χ1n) is 4.43. The molecule has 1 aromatic carbocycles. The van der Waals surface area contributed by atoms with Gasteiger partial charge in [0.25, 0.3) is 0 Å². The molecule has 0 spiro atoms. The van der Waals surface area contributed by atoms with Crippen LogP contribution >= 0.6 is 0 Å². The van der Waals surface area contributed by atoms with Crippen LogP contribution in [0.1, 0.15) is 23.5 Å². The van der Waals surface area contributed by atoms with E-state index in [1.807, 2.05) is 31.2 Å². The second-order valence-corrected chi connectivity index (χ2v) is 3.95. The molecule has 0 aliphatic carbocycles. The third-order valence-electron chi connectivity index (χ3n) is 1.85. The van der Waals surface area contributed by atoms with Gasteiger partial charge in [0.15, 0.2) is 16.5 Å². The summed E-state index contributed by atoms with van der Waals surface area (Å²) in [6, 6.07) is 7.41. The molecule has 1 aromatic rings. The highest BCUT2D eigenvalue weighted by atomic mass is 32.2. The molecular formula is C10H14O3S. The van der Waals surface area contributed by atoms with Crippen molar-refractivity contribution in [2.75, 3.05) is 6.61 Å². The summed E-state index contributed by atoms with van der Waals surface area (Å²) in [6.07, 6.45) is 0. The zero-order chi connectivity index (χ0) is 10.6. The van der Waals surface area contributed by atoms with E-state index in [1.165, 1.54) is 0 Å². The van der Waals surface area contributed by atoms with Gasteiger partial charge < -0.3 is 9.29 Å². The number of aryl methyl sites for hydroxylation is 1. The highest BCUT2D eigenvalue weighted by molar-refractivity contribution is 7.79. The molecule has 2 unspecified atom stereocenters. The molecule has 14 heavy (non-hydrogen) atoms. The first-order chi connectivity index (χ1) is 6.65. The van der Waals surface area contributed by atoms with Gasteiger partial charge in [-0.05, 0) is 19.4 Å². The average molecular weight is 214 g/mol. The Labute approximate surface area is 86.4 Å². The van der Waals surface area contributed by atoms with E-state index in [0.717, 1.165) is 11.1 Å². The van der Waals surface area contributed by atoms with Crippen LogP contribution in [0.15, 0.2) is 24.3 Å². The molecule has 0 heterocycles. The summed E-state index contributed by atoms with van der Waals surface area (Å²) >= 11 is -1.98. The second-order valence-electron chi connectivity index (χ2n) is 2.97. The van der Waals surface area contributed by atoms with Crippen molar-refractivity contribution >= 4 is 11.1 Å². The molecule has 0 aliphatic rings. The van der Waals surface area contributed by atoms with Crippen molar-refractivity contribution in [1.29, 1.82) is 0 Å². The molecule has 78 valence electrons. The lowest BCUT2D eigenvalue weighted by molar-refractivity contribution is 0.117. The fourth-order valence-electron chi connectivity index (χ4n) is 1.15. The maximum atomic E-state index is 11.0. The molecule has 0 aromatic heterocycles. The van der Waals surface area contributed by atoms with Gasteiger partial charge in [0.05, 0.1) is 0 Å². The van der Waals surface area contributed by atoms with Crippen molar-refractivity contribution in [2.24, 2.45) is 0 Å². The number of benzene rings is 1. The zero-order valence-electron chi connectivity index (χ0n) is 8.27. The third-order valence-corrected chi connectivity index (χ3v) is 2.63. The predicted octanol–water partition coefficient (Wildman–Crippen LogP) is 2.25. The van der Waals surface area contributed by atoms with Crippen LogP contribution in [0.4, 0.5) is 0 Å². The van der Waals surface area contributed by atoms with Gasteiger partial charge in [0.2, 0.25) is 0 Å². The summed E-state index contributed by atoms with van der Waals surface area (Å²) in [7, 11) is 0. The van der Waals surface area contributed by atoms with Gasteiger partial charge in [0, 0.05) is 6.61 Å². The van der Waals surface area contributed by atoms with E-state index in [4.69, 9.17) is 9.29 Å². The lowest BCUT2D eigenvalue weighted by Gasteiger charge is -2.13. The average Bonchev–Trinajstić information content (AvgIpc) is 2.15. The van der Waals surface area contributed by atoms with E-state index in [-0.39, 0.29) is 0 Å². The number of rotatable bonds is 4. The fraction of sp³-hybridized carbons (Fsp3) is 0.400. The van der Waals surface area contributed by atoms with Crippen molar-refractivity contribution in [1.82, 2.24) is 0 Å². The monoisotopic (exact) mass is 214 g/mol. The SMILES string of the molecule is CCOC(c1ccc(C)cc1)S(=O)O. The quantitative estimate of drug-likeness (QED) is 0.782. The van der Waals surface area contributed by atoms with Gasteiger partial charge in [0.1, 0.15) is 0 Å². The van der Waals surface area contributed by atoms with Crippen LogP contribution in [0.25, 0.3) is 0 Å². The van der Waals surface area contributed by atoms with E-state index < -0.39 is 16.5 Å². The molecule has 0 saturated heterocycles. The molecule has 4 heteroatoms. The zero-order valence-corrected chi connectivity index (χ0v) is 9.08. The van der Waals surface area contributed by atoms with Crippen molar-refractivity contribution in [3.63, 3.8) is 0 Å². The predicted molar refractivity (Wildman–Crippen MR) is 56.3 cm³/mol. The smallest absolute Gasteiger partial charge is 0.187 e. The molecule has 0 radical (unpaired) electrons. The molecule has 0 fully saturated rings. The largest absolute Gasteiger partial charge is 0.358 e. The van der Waals surface area contributed by atoms with E-state index in [2.05, 4.69) is 0 Å². The van der Waals surface area contributed by atoms with Crippen molar-refractivity contribution < 1.29 is 13.5 Å². The summed E-state index contributed by atoms with van der Waals surface area (Å²) in [6.45, 7) is 4.19. The van der Waals surface area contributed by atoms with Crippen LogP contribution in [0.3, 0.4) is 0 Å². The summed E-state index contributed by atoms with van der Waals surface area (Å²) < 4.78 is 25.2. The number of hydrogen-bond acceptors (Lipinski definition) is 2. The summed E-state index contributed by atoms with van der Waals surface area (Å²) in [5, 5.41) is 0. The Balaban J connectivity index is 2.87. The van der Waals surface area contributed by atoms with Gasteiger partial charge in [-0.1, -0.05) is 29.8 Å². The molecule has 1 N–H and O–H groups in total. The minimum Gasteiger partial charge on any atom is -0.358 e. The Morgan fingerprint density at radius 1 is 1.43 bits per heavy atom. The maximum Gasteiger partial charge on any atom is 0.187 e. The standard InChI is InChI=1S/C10H14O3S/c1-3-13-10(14(11)12)9-6-4-8(2)5-7-9/h4-7,10H,3H2,1-2H3,(H,11,12). The van der Waals surface area contributed by atoms with E-state index >= 15 is 0 Å². The third kappa shape index (κ3) is 2.90. The molecule has 2 atom stereocenters. The maximum absolute atomic E-state index is 11.0. The molecule has 0 aliphatic heterocycles. The highest BCUT2D eigenvalue weighted by Crippen LogP contribution is 2.20.